The number of nitrogens with two attached hydrogens (primary N) is 1. The second kappa shape index (κ2) is 3.64. The molecule has 0 aliphatic rings. The predicted octanol–water partition coefficient (Wildman–Crippen LogP) is 1.19. The highest BCUT2D eigenvalue weighted by Crippen LogP contribution is 2.23. The Bertz CT molecular complexity index is 289. The summed E-state index contributed by atoms with van der Waals surface area (Å²) < 4.78 is 0. The maximum absolute atomic E-state index is 11.3. The summed E-state index contributed by atoms with van der Waals surface area (Å²) in [4.78, 5) is 12.6. The topological polar surface area (TPSA) is 46.3 Å². The lowest BCUT2D eigenvalue weighted by Crippen LogP contribution is -2.59. The highest BCUT2D eigenvalue weighted by molar-refractivity contribution is 5.75. The van der Waals surface area contributed by atoms with E-state index in [1.165, 1.54) is 4.90 Å². The number of nitrogens with zero attached hydrogens (tertiary/aromatic N) is 1. The first-order valence-corrected chi connectivity index (χ1v) is 4.24. The molecule has 76 valence electrons. The van der Waals surface area contributed by atoms with Crippen molar-refractivity contribution in [3.63, 3.8) is 0 Å². The number of carbonyl (C=O) groups excluding carboxylic acids is 1. The number of primary amides is 1. The molecular weight excluding hydrogens is 176 g/mol. The van der Waals surface area contributed by atoms with E-state index in [2.05, 4.69) is 11.8 Å². The average Bonchev–Trinajstić information content (AvgIpc) is 2.02. The fourth-order valence-electron chi connectivity index (χ4n) is 1.38. The zero-order valence-corrected chi connectivity index (χ0v) is 9.09. The van der Waals surface area contributed by atoms with Crippen molar-refractivity contribution in [1.82, 2.24) is 4.90 Å². The molecule has 0 rings (SSSR count). The molecule has 0 aliphatic carbocycles. The van der Waals surface area contributed by atoms with Gasteiger partial charge in [0.2, 0.25) is 0 Å². The van der Waals surface area contributed by atoms with Crippen LogP contribution in [0.3, 0.4) is 0 Å². The van der Waals surface area contributed by atoms with E-state index in [0.717, 1.165) is 0 Å². The van der Waals surface area contributed by atoms with E-state index in [1.807, 2.05) is 0 Å². The van der Waals surface area contributed by atoms with Gasteiger partial charge in [-0.3, -0.25) is 4.90 Å². The standard InChI is InChI=1S/C11H16N2O/c1-7-10(3,4)13(9(12)14)11(5,6)8-2/h1-2H,3-6H3,(H2,12,14). The maximum Gasteiger partial charge on any atom is 0.317 e. The molecule has 3 heteroatoms. The van der Waals surface area contributed by atoms with Gasteiger partial charge in [0, 0.05) is 0 Å². The Kier molecular flexibility index (Phi) is 3.22. The summed E-state index contributed by atoms with van der Waals surface area (Å²) in [5.41, 5.74) is 3.68. The minimum Gasteiger partial charge on any atom is -0.351 e. The molecule has 0 atom stereocenters. The van der Waals surface area contributed by atoms with Crippen molar-refractivity contribution in [2.45, 2.75) is 38.8 Å². The predicted molar refractivity (Wildman–Crippen MR) is 57.2 cm³/mol. The highest BCUT2D eigenvalue weighted by Gasteiger charge is 2.38. The van der Waals surface area contributed by atoms with Crippen molar-refractivity contribution in [2.75, 3.05) is 0 Å². The number of hydrogen-bond donors (Lipinski definition) is 1. The number of urea groups is 1. The average molecular weight is 192 g/mol. The summed E-state index contributed by atoms with van der Waals surface area (Å²) in [5.74, 6) is 4.99. The molecule has 2 N–H and O–H groups in total. The van der Waals surface area contributed by atoms with Crippen molar-refractivity contribution in [2.24, 2.45) is 5.73 Å². The Morgan fingerprint density at radius 1 is 1.14 bits per heavy atom. The van der Waals surface area contributed by atoms with Crippen molar-refractivity contribution < 1.29 is 4.79 Å². The van der Waals surface area contributed by atoms with Crippen molar-refractivity contribution >= 4 is 6.03 Å². The van der Waals surface area contributed by atoms with Gasteiger partial charge in [0.15, 0.2) is 0 Å². The van der Waals surface area contributed by atoms with Crippen molar-refractivity contribution in [3.8, 4) is 24.7 Å². The van der Waals surface area contributed by atoms with Gasteiger partial charge in [0.1, 0.15) is 11.1 Å². The van der Waals surface area contributed by atoms with Crippen LogP contribution in [0.1, 0.15) is 27.7 Å². The lowest BCUT2D eigenvalue weighted by molar-refractivity contribution is 0.120. The second-order valence-electron chi connectivity index (χ2n) is 4.08. The van der Waals surface area contributed by atoms with Crippen LogP contribution in [-0.4, -0.2) is 22.0 Å². The number of terminal acetylenes is 2. The quantitative estimate of drug-likeness (QED) is 0.656. The molecule has 0 radical (unpaired) electrons. The lowest BCUT2D eigenvalue weighted by atomic mass is 9.95. The third-order valence-electron chi connectivity index (χ3n) is 2.04. The van der Waals surface area contributed by atoms with Crippen LogP contribution in [0.5, 0.6) is 0 Å². The Labute approximate surface area is 85.6 Å². The second-order valence-corrected chi connectivity index (χ2v) is 4.08. The summed E-state index contributed by atoms with van der Waals surface area (Å²) in [5, 5.41) is 0. The molecule has 0 unspecified atom stereocenters. The van der Waals surface area contributed by atoms with Crippen LogP contribution < -0.4 is 5.73 Å². The summed E-state index contributed by atoms with van der Waals surface area (Å²) in [6.07, 6.45) is 10.7. The fourth-order valence-corrected chi connectivity index (χ4v) is 1.38. The van der Waals surface area contributed by atoms with Gasteiger partial charge in [-0.25, -0.2) is 4.79 Å². The van der Waals surface area contributed by atoms with Crippen LogP contribution in [0.2, 0.25) is 0 Å². The largest absolute Gasteiger partial charge is 0.351 e. The Morgan fingerprint density at radius 3 is 1.57 bits per heavy atom. The molecule has 14 heavy (non-hydrogen) atoms. The third-order valence-corrected chi connectivity index (χ3v) is 2.04. The molecule has 0 aromatic carbocycles. The Hall–Kier alpha value is -1.61. The van der Waals surface area contributed by atoms with Crippen LogP contribution in [-0.2, 0) is 0 Å². The van der Waals surface area contributed by atoms with E-state index < -0.39 is 17.1 Å². The normalized spacial score (nSPS) is 11.3. The highest BCUT2D eigenvalue weighted by atomic mass is 16.2. The molecule has 0 saturated heterocycles. The fraction of sp³-hybridized carbons (Fsp3) is 0.545. The number of hydrogen-bond acceptors (Lipinski definition) is 1. The van der Waals surface area contributed by atoms with E-state index in [-0.39, 0.29) is 0 Å². The summed E-state index contributed by atoms with van der Waals surface area (Å²) in [6, 6.07) is -0.615. The molecule has 0 heterocycles. The minimum absolute atomic E-state index is 0.615. The van der Waals surface area contributed by atoms with Crippen LogP contribution in [0.15, 0.2) is 0 Å². The van der Waals surface area contributed by atoms with Gasteiger partial charge in [0.05, 0.1) is 0 Å². The number of rotatable bonds is 2. The number of carbonyl (C=O) groups is 1. The molecule has 0 aromatic rings. The maximum atomic E-state index is 11.3. The van der Waals surface area contributed by atoms with Gasteiger partial charge in [0.25, 0.3) is 0 Å². The first kappa shape index (κ1) is 12.4. The molecule has 0 saturated carbocycles. The van der Waals surface area contributed by atoms with Crippen LogP contribution in [0, 0.1) is 24.7 Å². The molecule has 0 spiro atoms. The van der Waals surface area contributed by atoms with Crippen molar-refractivity contribution in [3.05, 3.63) is 0 Å². The first-order valence-electron chi connectivity index (χ1n) is 4.24. The molecular formula is C11H16N2O. The monoisotopic (exact) mass is 192 g/mol. The van der Waals surface area contributed by atoms with Gasteiger partial charge in [-0.1, -0.05) is 11.8 Å². The third kappa shape index (κ3) is 2.20. The molecule has 0 aliphatic heterocycles. The van der Waals surface area contributed by atoms with Gasteiger partial charge < -0.3 is 5.73 Å². The van der Waals surface area contributed by atoms with Gasteiger partial charge in [-0.15, -0.1) is 12.8 Å². The first-order chi connectivity index (χ1) is 6.19. The van der Waals surface area contributed by atoms with Gasteiger partial charge >= 0.3 is 6.03 Å². The van der Waals surface area contributed by atoms with Crippen molar-refractivity contribution in [1.29, 1.82) is 0 Å². The molecule has 3 nitrogen and oxygen atoms in total. The minimum atomic E-state index is -0.790. The van der Waals surface area contributed by atoms with E-state index in [0.29, 0.717) is 0 Å². The summed E-state index contributed by atoms with van der Waals surface area (Å²) in [7, 11) is 0. The molecule has 0 bridgehead atoms. The Morgan fingerprint density at radius 2 is 1.43 bits per heavy atom. The SMILES string of the molecule is C#CC(C)(C)N(C(N)=O)C(C)(C)C#C. The van der Waals surface area contributed by atoms with Gasteiger partial charge in [-0.2, -0.15) is 0 Å². The zero-order chi connectivity index (χ0) is 11.6. The zero-order valence-electron chi connectivity index (χ0n) is 9.09. The Balaban J connectivity index is 5.33. The van der Waals surface area contributed by atoms with E-state index in [1.54, 1.807) is 27.7 Å². The van der Waals surface area contributed by atoms with Crippen LogP contribution >= 0.6 is 0 Å². The lowest BCUT2D eigenvalue weighted by Gasteiger charge is -2.42. The summed E-state index contributed by atoms with van der Waals surface area (Å²) >= 11 is 0. The molecule has 0 fully saturated rings. The van der Waals surface area contributed by atoms with E-state index >= 15 is 0 Å². The van der Waals surface area contributed by atoms with Crippen LogP contribution in [0.4, 0.5) is 4.79 Å². The number of amides is 2. The molecule has 0 aromatic heterocycles. The van der Waals surface area contributed by atoms with Crippen LogP contribution in [0.25, 0.3) is 0 Å². The molecule has 2 amide bonds. The van der Waals surface area contributed by atoms with E-state index in [4.69, 9.17) is 18.6 Å². The van der Waals surface area contributed by atoms with Gasteiger partial charge in [-0.05, 0) is 27.7 Å². The summed E-state index contributed by atoms with van der Waals surface area (Å²) in [6.45, 7) is 6.88. The smallest absolute Gasteiger partial charge is 0.317 e. The van der Waals surface area contributed by atoms with E-state index in [9.17, 15) is 4.79 Å².